The number of thioether (sulfide) groups is 1. The summed E-state index contributed by atoms with van der Waals surface area (Å²) >= 11 is 1.63. The first-order valence-corrected chi connectivity index (χ1v) is 8.37. The van der Waals surface area contributed by atoms with Crippen LogP contribution in [0.4, 0.5) is 5.69 Å². The van der Waals surface area contributed by atoms with E-state index in [0.717, 1.165) is 27.5 Å². The average molecular weight is 315 g/mol. The molecule has 0 bridgehead atoms. The average Bonchev–Trinajstić information content (AvgIpc) is 2.48. The van der Waals surface area contributed by atoms with Gasteiger partial charge in [-0.3, -0.25) is 4.79 Å². The summed E-state index contributed by atoms with van der Waals surface area (Å²) in [5, 5.41) is 2.89. The lowest BCUT2D eigenvalue weighted by molar-refractivity contribution is -0.118. The topological polar surface area (TPSA) is 38.3 Å². The molecule has 0 unspecified atom stereocenters. The number of hydrogen-bond donors (Lipinski definition) is 1. The van der Waals surface area contributed by atoms with Gasteiger partial charge in [-0.2, -0.15) is 0 Å². The number of rotatable bonds is 5. The summed E-state index contributed by atoms with van der Waals surface area (Å²) in [5.41, 5.74) is 4.21. The van der Waals surface area contributed by atoms with Gasteiger partial charge in [-0.05, 0) is 50.3 Å². The van der Waals surface area contributed by atoms with Gasteiger partial charge in [0.05, 0.1) is 4.90 Å². The van der Waals surface area contributed by atoms with Gasteiger partial charge in [0, 0.05) is 5.69 Å². The standard InChI is InChI=1S/C18H21NO2S/c1-12-8-9-15(14(3)10-12)19-17(20)11-21-16-7-5-6-13(2)18(16)22-4/h5-10H,11H2,1-4H3,(H,19,20). The molecule has 2 aromatic rings. The fourth-order valence-corrected chi connectivity index (χ4v) is 3.00. The van der Waals surface area contributed by atoms with E-state index in [9.17, 15) is 4.79 Å². The molecule has 0 aliphatic heterocycles. The monoisotopic (exact) mass is 315 g/mol. The van der Waals surface area contributed by atoms with Crippen molar-refractivity contribution in [3.05, 3.63) is 53.1 Å². The van der Waals surface area contributed by atoms with Crippen LogP contribution in [-0.4, -0.2) is 18.8 Å². The van der Waals surface area contributed by atoms with E-state index in [1.165, 1.54) is 5.56 Å². The lowest BCUT2D eigenvalue weighted by Crippen LogP contribution is -2.20. The van der Waals surface area contributed by atoms with Crippen molar-refractivity contribution in [2.45, 2.75) is 25.7 Å². The number of hydrogen-bond acceptors (Lipinski definition) is 3. The predicted molar refractivity (Wildman–Crippen MR) is 93.0 cm³/mol. The second-order valence-electron chi connectivity index (χ2n) is 5.26. The molecule has 2 rings (SSSR count). The van der Waals surface area contributed by atoms with Crippen molar-refractivity contribution in [3.63, 3.8) is 0 Å². The van der Waals surface area contributed by atoms with Gasteiger partial charge in [0.15, 0.2) is 6.61 Å². The molecule has 3 nitrogen and oxygen atoms in total. The van der Waals surface area contributed by atoms with Crippen molar-refractivity contribution in [1.82, 2.24) is 0 Å². The molecule has 0 saturated carbocycles. The number of carbonyl (C=O) groups is 1. The predicted octanol–water partition coefficient (Wildman–Crippen LogP) is 4.35. The fraction of sp³-hybridized carbons (Fsp3) is 0.278. The van der Waals surface area contributed by atoms with E-state index in [1.54, 1.807) is 11.8 Å². The first-order valence-electron chi connectivity index (χ1n) is 7.14. The van der Waals surface area contributed by atoms with Gasteiger partial charge in [0.2, 0.25) is 0 Å². The SMILES string of the molecule is CSc1c(C)cccc1OCC(=O)Nc1ccc(C)cc1C. The summed E-state index contributed by atoms with van der Waals surface area (Å²) in [6.45, 7) is 6.05. The summed E-state index contributed by atoms with van der Waals surface area (Å²) in [4.78, 5) is 13.1. The van der Waals surface area contributed by atoms with Crippen LogP contribution in [0.5, 0.6) is 5.75 Å². The van der Waals surface area contributed by atoms with Crippen LogP contribution in [-0.2, 0) is 4.79 Å². The van der Waals surface area contributed by atoms with E-state index in [0.29, 0.717) is 0 Å². The zero-order valence-corrected chi connectivity index (χ0v) is 14.2. The number of amides is 1. The normalized spacial score (nSPS) is 10.4. The van der Waals surface area contributed by atoms with Gasteiger partial charge >= 0.3 is 0 Å². The Kier molecular flexibility index (Phi) is 5.50. The van der Waals surface area contributed by atoms with Crippen molar-refractivity contribution in [2.75, 3.05) is 18.2 Å². The number of benzene rings is 2. The molecule has 0 atom stereocenters. The quantitative estimate of drug-likeness (QED) is 0.834. The minimum atomic E-state index is -0.152. The molecule has 0 radical (unpaired) electrons. The Balaban J connectivity index is 2.00. The summed E-state index contributed by atoms with van der Waals surface area (Å²) < 4.78 is 5.67. The largest absolute Gasteiger partial charge is 0.483 e. The molecular formula is C18H21NO2S. The second-order valence-corrected chi connectivity index (χ2v) is 6.08. The Morgan fingerprint density at radius 3 is 2.59 bits per heavy atom. The smallest absolute Gasteiger partial charge is 0.262 e. The van der Waals surface area contributed by atoms with Crippen molar-refractivity contribution in [2.24, 2.45) is 0 Å². The first kappa shape index (κ1) is 16.4. The molecular weight excluding hydrogens is 294 g/mol. The van der Waals surface area contributed by atoms with Crippen molar-refractivity contribution >= 4 is 23.4 Å². The molecule has 0 spiro atoms. The molecule has 0 aliphatic rings. The first-order chi connectivity index (χ1) is 10.5. The van der Waals surface area contributed by atoms with Gasteiger partial charge in [-0.1, -0.05) is 29.8 Å². The van der Waals surface area contributed by atoms with E-state index in [1.807, 2.05) is 63.4 Å². The van der Waals surface area contributed by atoms with Crippen molar-refractivity contribution in [3.8, 4) is 5.75 Å². The van der Waals surface area contributed by atoms with Gasteiger partial charge in [0.25, 0.3) is 5.91 Å². The van der Waals surface area contributed by atoms with Crippen LogP contribution in [0.3, 0.4) is 0 Å². The van der Waals surface area contributed by atoms with Crippen LogP contribution in [0, 0.1) is 20.8 Å². The highest BCUT2D eigenvalue weighted by Gasteiger charge is 2.09. The Labute approximate surface area is 136 Å². The molecule has 116 valence electrons. The maximum absolute atomic E-state index is 12.1. The number of ether oxygens (including phenoxy) is 1. The van der Waals surface area contributed by atoms with E-state index >= 15 is 0 Å². The molecule has 0 aliphatic carbocycles. The molecule has 2 aromatic carbocycles. The van der Waals surface area contributed by atoms with Crippen LogP contribution < -0.4 is 10.1 Å². The van der Waals surface area contributed by atoms with Gasteiger partial charge in [0.1, 0.15) is 5.75 Å². The third-order valence-electron chi connectivity index (χ3n) is 3.39. The summed E-state index contributed by atoms with van der Waals surface area (Å²) in [6, 6.07) is 11.8. The highest BCUT2D eigenvalue weighted by Crippen LogP contribution is 2.30. The van der Waals surface area contributed by atoms with Crippen LogP contribution in [0.15, 0.2) is 41.3 Å². The minimum absolute atomic E-state index is 0.00430. The molecule has 1 amide bonds. The number of carbonyl (C=O) groups excluding carboxylic acids is 1. The van der Waals surface area contributed by atoms with Crippen molar-refractivity contribution < 1.29 is 9.53 Å². The maximum Gasteiger partial charge on any atom is 0.262 e. The lowest BCUT2D eigenvalue weighted by atomic mass is 10.1. The van der Waals surface area contributed by atoms with E-state index in [-0.39, 0.29) is 12.5 Å². The highest BCUT2D eigenvalue weighted by atomic mass is 32.2. The number of nitrogens with one attached hydrogen (secondary N) is 1. The van der Waals surface area contributed by atoms with Gasteiger partial charge in [-0.15, -0.1) is 11.8 Å². The molecule has 0 heterocycles. The van der Waals surface area contributed by atoms with E-state index in [4.69, 9.17) is 4.74 Å². The lowest BCUT2D eigenvalue weighted by Gasteiger charge is -2.13. The number of aryl methyl sites for hydroxylation is 3. The molecule has 1 N–H and O–H groups in total. The van der Waals surface area contributed by atoms with Crippen LogP contribution in [0.2, 0.25) is 0 Å². The third-order valence-corrected chi connectivity index (χ3v) is 4.33. The van der Waals surface area contributed by atoms with E-state index < -0.39 is 0 Å². The summed E-state index contributed by atoms with van der Waals surface area (Å²) in [6.07, 6.45) is 2.00. The van der Waals surface area contributed by atoms with Crippen LogP contribution in [0.25, 0.3) is 0 Å². The maximum atomic E-state index is 12.1. The van der Waals surface area contributed by atoms with Crippen LogP contribution >= 0.6 is 11.8 Å². The highest BCUT2D eigenvalue weighted by molar-refractivity contribution is 7.98. The fourth-order valence-electron chi connectivity index (χ4n) is 2.28. The van der Waals surface area contributed by atoms with Crippen molar-refractivity contribution in [1.29, 1.82) is 0 Å². The Morgan fingerprint density at radius 2 is 1.91 bits per heavy atom. The van der Waals surface area contributed by atoms with Gasteiger partial charge < -0.3 is 10.1 Å². The molecule has 0 fully saturated rings. The van der Waals surface area contributed by atoms with E-state index in [2.05, 4.69) is 5.32 Å². The second kappa shape index (κ2) is 7.36. The Morgan fingerprint density at radius 1 is 1.14 bits per heavy atom. The molecule has 0 aromatic heterocycles. The molecule has 0 saturated heterocycles. The third kappa shape index (κ3) is 4.04. The number of anilines is 1. The molecule has 4 heteroatoms. The minimum Gasteiger partial charge on any atom is -0.483 e. The molecule has 22 heavy (non-hydrogen) atoms. The summed E-state index contributed by atoms with van der Waals surface area (Å²) in [5.74, 6) is 0.601. The zero-order chi connectivity index (χ0) is 16.1. The zero-order valence-electron chi connectivity index (χ0n) is 13.4. The Hall–Kier alpha value is -1.94. The summed E-state index contributed by atoms with van der Waals surface area (Å²) in [7, 11) is 0. The Bertz CT molecular complexity index is 683. The van der Waals surface area contributed by atoms with Crippen LogP contribution in [0.1, 0.15) is 16.7 Å². The van der Waals surface area contributed by atoms with Gasteiger partial charge in [-0.25, -0.2) is 0 Å².